The van der Waals surface area contributed by atoms with Crippen molar-refractivity contribution in [1.82, 2.24) is 9.88 Å². The summed E-state index contributed by atoms with van der Waals surface area (Å²) in [6.07, 6.45) is 0. The lowest BCUT2D eigenvalue weighted by Crippen LogP contribution is -2.43. The van der Waals surface area contributed by atoms with E-state index in [4.69, 9.17) is 21.3 Å². The highest BCUT2D eigenvalue weighted by molar-refractivity contribution is 6.31. The normalized spacial score (nSPS) is 24.4. The van der Waals surface area contributed by atoms with Gasteiger partial charge in [0.2, 0.25) is 5.91 Å². The van der Waals surface area contributed by atoms with Gasteiger partial charge in [-0.3, -0.25) is 4.79 Å². The van der Waals surface area contributed by atoms with E-state index in [0.717, 1.165) is 28.8 Å². The number of nitrogens with zero attached hydrogens (tertiary/aromatic N) is 3. The molecule has 5 nitrogen and oxygen atoms in total. The minimum absolute atomic E-state index is 0.0576. The van der Waals surface area contributed by atoms with E-state index in [2.05, 4.69) is 17.9 Å². The van der Waals surface area contributed by atoms with Crippen LogP contribution in [0.3, 0.4) is 0 Å². The van der Waals surface area contributed by atoms with Gasteiger partial charge in [-0.05, 0) is 30.7 Å². The van der Waals surface area contributed by atoms with E-state index in [0.29, 0.717) is 24.8 Å². The van der Waals surface area contributed by atoms with Gasteiger partial charge >= 0.3 is 0 Å². The predicted molar refractivity (Wildman–Crippen MR) is 94.6 cm³/mol. The van der Waals surface area contributed by atoms with Gasteiger partial charge in [-0.15, -0.1) is 0 Å². The molecule has 4 rings (SSSR count). The number of halogens is 1. The fourth-order valence-electron chi connectivity index (χ4n) is 3.61. The number of carbonyl (C=O) groups is 1. The Kier molecular flexibility index (Phi) is 3.85. The third-order valence-corrected chi connectivity index (χ3v) is 5.27. The number of amides is 1. The molecule has 3 heterocycles. The van der Waals surface area contributed by atoms with Crippen molar-refractivity contribution in [1.29, 1.82) is 0 Å². The van der Waals surface area contributed by atoms with Crippen LogP contribution in [0, 0.1) is 12.8 Å². The number of anilines is 1. The van der Waals surface area contributed by atoms with Crippen LogP contribution < -0.4 is 4.90 Å². The highest BCUT2D eigenvalue weighted by atomic mass is 35.5. The number of hydrogen-bond acceptors (Lipinski definition) is 4. The van der Waals surface area contributed by atoms with Gasteiger partial charge in [0.1, 0.15) is 5.82 Å². The summed E-state index contributed by atoms with van der Waals surface area (Å²) in [5.41, 5.74) is 2.06. The van der Waals surface area contributed by atoms with Crippen molar-refractivity contribution in [3.63, 3.8) is 0 Å². The first-order chi connectivity index (χ1) is 11.5. The summed E-state index contributed by atoms with van der Waals surface area (Å²) >= 11 is 6.13. The Bertz CT molecular complexity index is 810. The average molecular weight is 346 g/mol. The zero-order chi connectivity index (χ0) is 16.8. The molecule has 0 spiro atoms. The number of fused-ring (bicyclic) bond motifs is 4. The lowest BCUT2D eigenvalue weighted by molar-refractivity contribution is -0.133. The molecule has 24 heavy (non-hydrogen) atoms. The fraction of sp³-hybridized carbons (Fsp3) is 0.444. The van der Waals surface area contributed by atoms with E-state index in [-0.39, 0.29) is 17.9 Å². The quantitative estimate of drug-likeness (QED) is 0.796. The third kappa shape index (κ3) is 2.62. The maximum atomic E-state index is 12.5. The van der Waals surface area contributed by atoms with Crippen molar-refractivity contribution in [2.45, 2.75) is 13.0 Å². The lowest BCUT2D eigenvalue weighted by atomic mass is 10.1. The van der Waals surface area contributed by atoms with Gasteiger partial charge in [0.15, 0.2) is 0 Å². The van der Waals surface area contributed by atoms with Crippen LogP contribution in [0.25, 0.3) is 10.9 Å². The van der Waals surface area contributed by atoms with E-state index < -0.39 is 0 Å². The van der Waals surface area contributed by atoms with Gasteiger partial charge in [-0.1, -0.05) is 17.7 Å². The molecule has 6 heteroatoms. The van der Waals surface area contributed by atoms with Gasteiger partial charge < -0.3 is 14.5 Å². The van der Waals surface area contributed by atoms with Gasteiger partial charge in [-0.25, -0.2) is 4.98 Å². The topological polar surface area (TPSA) is 45.7 Å². The summed E-state index contributed by atoms with van der Waals surface area (Å²) in [6, 6.07) is 7.95. The summed E-state index contributed by atoms with van der Waals surface area (Å²) in [4.78, 5) is 21.4. The van der Waals surface area contributed by atoms with Crippen molar-refractivity contribution < 1.29 is 9.53 Å². The minimum atomic E-state index is -0.139. The molecule has 2 aliphatic heterocycles. The van der Waals surface area contributed by atoms with E-state index in [1.807, 2.05) is 30.1 Å². The number of ether oxygens (including phenoxy) is 1. The highest BCUT2D eigenvalue weighted by Crippen LogP contribution is 2.28. The molecule has 1 amide bonds. The second-order valence-electron chi connectivity index (χ2n) is 6.70. The number of aromatic nitrogens is 1. The van der Waals surface area contributed by atoms with Crippen LogP contribution in [0.5, 0.6) is 0 Å². The summed E-state index contributed by atoms with van der Waals surface area (Å²) in [7, 11) is 1.87. The van der Waals surface area contributed by atoms with Crippen LogP contribution in [0.2, 0.25) is 5.02 Å². The molecule has 2 saturated heterocycles. The van der Waals surface area contributed by atoms with Crippen molar-refractivity contribution in [3.05, 3.63) is 34.9 Å². The Hall–Kier alpha value is -1.85. The number of carbonyl (C=O) groups excluding carboxylic acids is 1. The van der Waals surface area contributed by atoms with Crippen LogP contribution in [-0.4, -0.2) is 55.2 Å². The Balaban J connectivity index is 1.76. The molecular weight excluding hydrogens is 326 g/mol. The van der Waals surface area contributed by atoms with Gasteiger partial charge in [0, 0.05) is 30.5 Å². The second kappa shape index (κ2) is 5.90. The minimum Gasteiger partial charge on any atom is -0.378 e. The highest BCUT2D eigenvalue weighted by Gasteiger charge is 2.37. The first-order valence-corrected chi connectivity index (χ1v) is 8.57. The number of aryl methyl sites for hydroxylation is 1. The first kappa shape index (κ1) is 15.7. The number of hydrogen-bond donors (Lipinski definition) is 0. The van der Waals surface area contributed by atoms with E-state index >= 15 is 0 Å². The fourth-order valence-corrected chi connectivity index (χ4v) is 3.77. The lowest BCUT2D eigenvalue weighted by Gasteiger charge is -2.30. The molecule has 2 aromatic rings. The van der Waals surface area contributed by atoms with Gasteiger partial charge in [0.05, 0.1) is 30.7 Å². The maximum absolute atomic E-state index is 12.5. The molecule has 2 bridgehead atoms. The Morgan fingerprint density at radius 1 is 1.25 bits per heavy atom. The average Bonchev–Trinajstić information content (AvgIpc) is 2.72. The second-order valence-corrected chi connectivity index (χ2v) is 7.14. The summed E-state index contributed by atoms with van der Waals surface area (Å²) in [5.74, 6) is 0.933. The van der Waals surface area contributed by atoms with Crippen LogP contribution in [0.4, 0.5) is 5.82 Å². The summed E-state index contributed by atoms with van der Waals surface area (Å²) in [6.45, 7) is 4.51. The molecular formula is C18H20ClN3O2. The SMILES string of the molecule is Cc1cc(N2C[C@@H]3COC[C@H](C2)N(C)C3=O)nc2cc(Cl)ccc12. The van der Waals surface area contributed by atoms with E-state index in [1.54, 1.807) is 0 Å². The molecule has 0 aliphatic carbocycles. The number of rotatable bonds is 1. The van der Waals surface area contributed by atoms with Gasteiger partial charge in [-0.2, -0.15) is 0 Å². The molecule has 2 atom stereocenters. The Morgan fingerprint density at radius 2 is 2.08 bits per heavy atom. The predicted octanol–water partition coefficient (Wildman–Crippen LogP) is 2.49. The smallest absolute Gasteiger partial charge is 0.229 e. The molecule has 0 radical (unpaired) electrons. The summed E-state index contributed by atoms with van der Waals surface area (Å²) in [5, 5.41) is 1.79. The largest absolute Gasteiger partial charge is 0.378 e. The zero-order valence-electron chi connectivity index (χ0n) is 13.8. The zero-order valence-corrected chi connectivity index (χ0v) is 14.6. The molecule has 0 saturated carbocycles. The van der Waals surface area contributed by atoms with Crippen molar-refractivity contribution in [2.75, 3.05) is 38.3 Å². The van der Waals surface area contributed by atoms with Crippen LogP contribution in [0.15, 0.2) is 24.3 Å². The van der Waals surface area contributed by atoms with E-state index in [9.17, 15) is 4.79 Å². The molecule has 126 valence electrons. The standard InChI is InChI=1S/C18H20ClN3O2/c1-11-5-17(20-16-6-13(19)3-4-15(11)16)22-7-12-9-24-10-14(8-22)21(2)18(12)23/h3-6,12,14H,7-10H2,1-2H3/t12-,14+/m1/s1. The molecule has 2 aliphatic rings. The Labute approximate surface area is 146 Å². The first-order valence-electron chi connectivity index (χ1n) is 8.19. The molecule has 0 unspecified atom stereocenters. The van der Waals surface area contributed by atoms with E-state index in [1.165, 1.54) is 0 Å². The third-order valence-electron chi connectivity index (χ3n) is 5.03. The van der Waals surface area contributed by atoms with Crippen LogP contribution in [0.1, 0.15) is 5.56 Å². The Morgan fingerprint density at radius 3 is 2.92 bits per heavy atom. The molecule has 0 N–H and O–H groups in total. The maximum Gasteiger partial charge on any atom is 0.229 e. The monoisotopic (exact) mass is 345 g/mol. The number of benzene rings is 1. The van der Waals surface area contributed by atoms with Crippen molar-refractivity contribution in [3.8, 4) is 0 Å². The molecule has 1 aromatic carbocycles. The van der Waals surface area contributed by atoms with Crippen LogP contribution in [-0.2, 0) is 9.53 Å². The number of likely N-dealkylation sites (N-methyl/N-ethyl adjacent to an activating group) is 1. The molecule has 2 fully saturated rings. The van der Waals surface area contributed by atoms with Crippen molar-refractivity contribution in [2.24, 2.45) is 5.92 Å². The molecule has 1 aromatic heterocycles. The number of pyridine rings is 1. The summed E-state index contributed by atoms with van der Waals surface area (Å²) < 4.78 is 5.67. The van der Waals surface area contributed by atoms with Gasteiger partial charge in [0.25, 0.3) is 0 Å². The van der Waals surface area contributed by atoms with Crippen molar-refractivity contribution >= 4 is 34.2 Å². The van der Waals surface area contributed by atoms with Crippen LogP contribution >= 0.6 is 11.6 Å².